The Hall–Kier alpha value is -4.44. The molecule has 5 rings (SSSR count). The fourth-order valence-electron chi connectivity index (χ4n) is 6.09. The van der Waals surface area contributed by atoms with Gasteiger partial charge in [-0.15, -0.1) is 0 Å². The second kappa shape index (κ2) is 10.9. The van der Waals surface area contributed by atoms with Gasteiger partial charge in [0.25, 0.3) is 0 Å². The molecule has 0 fully saturated rings. The van der Waals surface area contributed by atoms with Gasteiger partial charge in [-0.2, -0.15) is 0 Å². The van der Waals surface area contributed by atoms with Crippen molar-refractivity contribution in [3.8, 4) is 0 Å². The number of hydrogen-bond acceptors (Lipinski definition) is 2. The minimum atomic E-state index is -1.17. The zero-order chi connectivity index (χ0) is 26.5. The lowest BCUT2D eigenvalue weighted by Crippen LogP contribution is -2.51. The summed E-state index contributed by atoms with van der Waals surface area (Å²) < 4.78 is 0. The normalized spacial score (nSPS) is 18.1. The van der Waals surface area contributed by atoms with Crippen molar-refractivity contribution in [2.75, 3.05) is 0 Å². The van der Waals surface area contributed by atoms with E-state index in [0.29, 0.717) is 6.42 Å². The molecule has 0 bridgehead atoms. The lowest BCUT2D eigenvalue weighted by atomic mass is 9.54. The monoisotopic (exact) mass is 502 g/mol. The van der Waals surface area contributed by atoms with Crippen LogP contribution in [0.5, 0.6) is 0 Å². The number of fused-ring (bicyclic) bond motifs is 1. The molecule has 2 atom stereocenters. The van der Waals surface area contributed by atoms with Crippen molar-refractivity contribution in [2.24, 2.45) is 11.8 Å². The maximum Gasteiger partial charge on any atom is 0.307 e. The van der Waals surface area contributed by atoms with Gasteiger partial charge in [0.1, 0.15) is 0 Å². The molecule has 0 aromatic heterocycles. The number of carboxylic acid groups (broad SMARTS) is 2. The molecule has 0 heterocycles. The van der Waals surface area contributed by atoms with Crippen LogP contribution in [0.25, 0.3) is 5.57 Å². The van der Waals surface area contributed by atoms with Crippen LogP contribution in [-0.2, 0) is 27.8 Å². The second-order valence-corrected chi connectivity index (χ2v) is 9.93. The summed E-state index contributed by atoms with van der Waals surface area (Å²) in [6.45, 7) is 0. The van der Waals surface area contributed by atoms with Crippen molar-refractivity contribution in [1.82, 2.24) is 0 Å². The third-order valence-corrected chi connectivity index (χ3v) is 7.85. The van der Waals surface area contributed by atoms with Gasteiger partial charge < -0.3 is 10.2 Å². The largest absolute Gasteiger partial charge is 0.481 e. The number of carbonyl (C=O) groups is 2. The average Bonchev–Trinajstić information content (AvgIpc) is 2.95. The minimum absolute atomic E-state index is 0.234. The first kappa shape index (κ1) is 25.2. The van der Waals surface area contributed by atoms with Gasteiger partial charge in [0.2, 0.25) is 0 Å². The average molecular weight is 503 g/mol. The maximum atomic E-state index is 13.1. The summed E-state index contributed by atoms with van der Waals surface area (Å²) >= 11 is 0. The Kier molecular flexibility index (Phi) is 7.23. The first-order valence-electron chi connectivity index (χ1n) is 12.9. The van der Waals surface area contributed by atoms with Crippen molar-refractivity contribution in [3.63, 3.8) is 0 Å². The summed E-state index contributed by atoms with van der Waals surface area (Å²) in [5, 5.41) is 21.5. The van der Waals surface area contributed by atoms with Crippen molar-refractivity contribution in [2.45, 2.75) is 24.7 Å². The van der Waals surface area contributed by atoms with Gasteiger partial charge in [-0.1, -0.05) is 121 Å². The molecule has 4 aromatic rings. The van der Waals surface area contributed by atoms with Crippen LogP contribution in [0.3, 0.4) is 0 Å². The predicted octanol–water partition coefficient (Wildman–Crippen LogP) is 6.65. The highest BCUT2D eigenvalue weighted by Gasteiger charge is 2.54. The molecule has 0 saturated heterocycles. The molecule has 0 aliphatic heterocycles. The molecule has 190 valence electrons. The SMILES string of the molecule is O=C(O)C(Cc1ccccc1)C1(C(Cc2ccccc2)C(=O)O)CC=C(c2ccccc2)c2ccccc21. The van der Waals surface area contributed by atoms with Crippen molar-refractivity contribution in [3.05, 3.63) is 149 Å². The van der Waals surface area contributed by atoms with E-state index in [9.17, 15) is 19.8 Å². The third kappa shape index (κ3) is 4.78. The molecule has 0 radical (unpaired) electrons. The Bertz CT molecular complexity index is 1380. The van der Waals surface area contributed by atoms with E-state index in [1.807, 2.05) is 115 Å². The highest BCUT2D eigenvalue weighted by Crippen LogP contribution is 2.52. The lowest BCUT2D eigenvalue weighted by molar-refractivity contribution is -0.151. The van der Waals surface area contributed by atoms with E-state index in [1.54, 1.807) is 0 Å². The summed E-state index contributed by atoms with van der Waals surface area (Å²) in [4.78, 5) is 26.3. The molecular formula is C34H30O4. The Morgan fingerprint density at radius 2 is 1.08 bits per heavy atom. The molecule has 4 nitrogen and oxygen atoms in total. The first-order chi connectivity index (χ1) is 18.5. The smallest absolute Gasteiger partial charge is 0.307 e. The van der Waals surface area contributed by atoms with Crippen molar-refractivity contribution in [1.29, 1.82) is 0 Å². The fourth-order valence-corrected chi connectivity index (χ4v) is 6.09. The van der Waals surface area contributed by atoms with Crippen LogP contribution in [0, 0.1) is 11.8 Å². The van der Waals surface area contributed by atoms with E-state index < -0.39 is 29.2 Å². The Labute approximate surface area is 222 Å². The standard InChI is InChI=1S/C34H30O4/c35-32(36)30(22-24-12-4-1-5-13-24)34(31(33(37)38)23-25-14-6-2-7-15-25)21-20-27(26-16-8-3-9-17-26)28-18-10-11-19-29(28)34/h1-20,30-31H,21-23H2,(H,35,36)(H,37,38). The van der Waals surface area contributed by atoms with E-state index in [-0.39, 0.29) is 12.8 Å². The summed E-state index contributed by atoms with van der Waals surface area (Å²) in [5.74, 6) is -3.88. The summed E-state index contributed by atoms with van der Waals surface area (Å²) in [5.41, 5.74) is 4.29. The predicted molar refractivity (Wildman–Crippen MR) is 149 cm³/mol. The molecule has 4 aromatic carbocycles. The van der Waals surface area contributed by atoms with Crippen LogP contribution in [0.4, 0.5) is 0 Å². The molecule has 1 aliphatic rings. The zero-order valence-corrected chi connectivity index (χ0v) is 21.0. The zero-order valence-electron chi connectivity index (χ0n) is 21.0. The summed E-state index contributed by atoms with van der Waals surface area (Å²) in [7, 11) is 0. The van der Waals surface area contributed by atoms with E-state index in [1.165, 1.54) is 0 Å². The van der Waals surface area contributed by atoms with Crippen LogP contribution in [0.2, 0.25) is 0 Å². The van der Waals surface area contributed by atoms with Crippen molar-refractivity contribution >= 4 is 17.5 Å². The Morgan fingerprint density at radius 3 is 1.58 bits per heavy atom. The van der Waals surface area contributed by atoms with E-state index in [0.717, 1.165) is 33.4 Å². The van der Waals surface area contributed by atoms with E-state index in [4.69, 9.17) is 0 Å². The van der Waals surface area contributed by atoms with Gasteiger partial charge >= 0.3 is 11.9 Å². The molecule has 0 spiro atoms. The topological polar surface area (TPSA) is 74.6 Å². The molecule has 2 unspecified atom stereocenters. The number of allylic oxidation sites excluding steroid dienone is 1. The minimum Gasteiger partial charge on any atom is -0.481 e. The first-order valence-corrected chi connectivity index (χ1v) is 12.9. The molecule has 2 N–H and O–H groups in total. The Balaban J connectivity index is 1.74. The molecular weight excluding hydrogens is 472 g/mol. The number of hydrogen-bond donors (Lipinski definition) is 2. The molecule has 0 amide bonds. The Morgan fingerprint density at radius 1 is 0.632 bits per heavy atom. The van der Waals surface area contributed by atoms with Crippen LogP contribution < -0.4 is 0 Å². The van der Waals surface area contributed by atoms with Crippen LogP contribution in [0.1, 0.15) is 34.2 Å². The molecule has 4 heteroatoms. The van der Waals surface area contributed by atoms with Crippen LogP contribution in [-0.4, -0.2) is 22.2 Å². The lowest BCUT2D eigenvalue weighted by Gasteiger charge is -2.46. The molecule has 1 aliphatic carbocycles. The highest BCUT2D eigenvalue weighted by molar-refractivity contribution is 5.87. The van der Waals surface area contributed by atoms with Gasteiger partial charge in [-0.3, -0.25) is 9.59 Å². The van der Waals surface area contributed by atoms with Gasteiger partial charge in [-0.05, 0) is 52.7 Å². The number of aliphatic carboxylic acids is 2. The summed E-state index contributed by atoms with van der Waals surface area (Å²) in [6.07, 6.45) is 2.83. The summed E-state index contributed by atoms with van der Waals surface area (Å²) in [6, 6.07) is 36.8. The van der Waals surface area contributed by atoms with Gasteiger partial charge in [0.05, 0.1) is 11.8 Å². The van der Waals surface area contributed by atoms with Crippen LogP contribution >= 0.6 is 0 Å². The van der Waals surface area contributed by atoms with E-state index >= 15 is 0 Å². The van der Waals surface area contributed by atoms with Gasteiger partial charge in [0, 0.05) is 5.41 Å². The third-order valence-electron chi connectivity index (χ3n) is 7.85. The highest BCUT2D eigenvalue weighted by atomic mass is 16.4. The maximum absolute atomic E-state index is 13.1. The van der Waals surface area contributed by atoms with E-state index in [2.05, 4.69) is 6.08 Å². The van der Waals surface area contributed by atoms with Crippen molar-refractivity contribution < 1.29 is 19.8 Å². The number of carboxylic acids is 2. The quantitative estimate of drug-likeness (QED) is 0.269. The molecule has 0 saturated carbocycles. The number of rotatable bonds is 9. The van der Waals surface area contributed by atoms with Gasteiger partial charge in [0.15, 0.2) is 0 Å². The second-order valence-electron chi connectivity index (χ2n) is 9.93. The van der Waals surface area contributed by atoms with Gasteiger partial charge in [-0.25, -0.2) is 0 Å². The number of benzene rings is 4. The fraction of sp³-hybridized carbons (Fsp3) is 0.176. The molecule has 38 heavy (non-hydrogen) atoms. The van der Waals surface area contributed by atoms with Crippen LogP contribution in [0.15, 0.2) is 121 Å².